The molecule has 3 aromatic heterocycles. The number of piperidine rings is 1. The number of carboxylic acids is 1. The van der Waals surface area contributed by atoms with Crippen LogP contribution in [-0.4, -0.2) is 63.7 Å². The van der Waals surface area contributed by atoms with Crippen molar-refractivity contribution in [3.05, 3.63) is 46.7 Å². The van der Waals surface area contributed by atoms with Crippen LogP contribution >= 0.6 is 22.9 Å². The highest BCUT2D eigenvalue weighted by Crippen LogP contribution is 2.38. The fourth-order valence-electron chi connectivity index (χ4n) is 4.68. The van der Waals surface area contributed by atoms with Crippen LogP contribution < -0.4 is 14.5 Å². The Balaban J connectivity index is 1.44. The zero-order valence-electron chi connectivity index (χ0n) is 19.7. The van der Waals surface area contributed by atoms with Crippen molar-refractivity contribution < 1.29 is 32.2 Å². The molecule has 0 spiro atoms. The second-order valence-electron chi connectivity index (χ2n) is 9.09. The van der Waals surface area contributed by atoms with Crippen LogP contribution in [0.5, 0.6) is 5.88 Å². The molecule has 0 unspecified atom stereocenters. The molecular formula is C24H22ClF4N5O3S. The Morgan fingerprint density at radius 3 is 2.79 bits per heavy atom. The van der Waals surface area contributed by atoms with Crippen LogP contribution in [0.3, 0.4) is 0 Å². The Bertz CT molecular complexity index is 1320. The number of carbonyl (C=O) groups is 1. The van der Waals surface area contributed by atoms with E-state index in [-0.39, 0.29) is 53.9 Å². The lowest BCUT2D eigenvalue weighted by Crippen LogP contribution is -2.43. The van der Waals surface area contributed by atoms with Gasteiger partial charge in [-0.25, -0.2) is 37.3 Å². The van der Waals surface area contributed by atoms with E-state index in [0.29, 0.717) is 11.4 Å². The van der Waals surface area contributed by atoms with Crippen LogP contribution in [-0.2, 0) is 4.79 Å². The van der Waals surface area contributed by atoms with Gasteiger partial charge < -0.3 is 19.6 Å². The highest BCUT2D eigenvalue weighted by Gasteiger charge is 2.41. The summed E-state index contributed by atoms with van der Waals surface area (Å²) in [5.74, 6) is -4.72. The van der Waals surface area contributed by atoms with Crippen LogP contribution in [0, 0.1) is 0 Å². The quantitative estimate of drug-likeness (QED) is 0.370. The van der Waals surface area contributed by atoms with Crippen molar-refractivity contribution in [2.45, 2.75) is 43.8 Å². The van der Waals surface area contributed by atoms with Crippen LogP contribution in [0.15, 0.2) is 35.8 Å². The van der Waals surface area contributed by atoms with Gasteiger partial charge in [-0.1, -0.05) is 17.7 Å². The molecule has 8 nitrogen and oxygen atoms in total. The molecule has 0 amide bonds. The van der Waals surface area contributed by atoms with E-state index in [1.807, 2.05) is 0 Å². The van der Waals surface area contributed by atoms with E-state index in [4.69, 9.17) is 16.3 Å². The molecule has 38 heavy (non-hydrogen) atoms. The number of anilines is 2. The number of alkyl halides is 4. The second-order valence-corrected chi connectivity index (χ2v) is 10.5. The number of aromatic nitrogens is 3. The number of hydrogen-bond acceptors (Lipinski definition) is 8. The molecule has 2 aliphatic heterocycles. The number of nitrogens with zero attached hydrogens (tertiary/aromatic N) is 5. The summed E-state index contributed by atoms with van der Waals surface area (Å²) in [5, 5.41) is 11.9. The van der Waals surface area contributed by atoms with E-state index in [9.17, 15) is 27.5 Å². The standard InChI is InChI=1S/C24H22ClF4N5O3S/c25-13-7-16(33-5-2-4-24(28,29)12-33)22(30-10-13)37-14-8-17(23(35)36)34(11-14)19-9-15(18-3-1-6-38-18)31-21(32-19)20(26)27/h1,3,6-7,9-10,14,17,20H,2,4-5,8,11-12H2,(H,35,36)/t14-,17-/m0/s1. The van der Waals surface area contributed by atoms with Gasteiger partial charge in [0.2, 0.25) is 5.88 Å². The molecule has 0 aliphatic carbocycles. The average molecular weight is 572 g/mol. The SMILES string of the molecule is O=C(O)[C@@H]1C[C@H](Oc2ncc(Cl)cc2N2CCCC(F)(F)C2)CN1c1cc(-c2cccs2)nc(C(F)F)n1. The summed E-state index contributed by atoms with van der Waals surface area (Å²) in [5.41, 5.74) is 0.533. The van der Waals surface area contributed by atoms with Crippen molar-refractivity contribution in [3.63, 3.8) is 0 Å². The molecule has 2 aliphatic rings. The molecule has 0 bridgehead atoms. The maximum absolute atomic E-state index is 14.1. The lowest BCUT2D eigenvalue weighted by molar-refractivity contribution is -0.138. The molecular weight excluding hydrogens is 550 g/mol. The summed E-state index contributed by atoms with van der Waals surface area (Å²) in [4.78, 5) is 27.7. The zero-order valence-corrected chi connectivity index (χ0v) is 21.3. The van der Waals surface area contributed by atoms with E-state index in [1.165, 1.54) is 39.5 Å². The molecule has 2 saturated heterocycles. The van der Waals surface area contributed by atoms with Crippen molar-refractivity contribution in [2.75, 3.05) is 29.4 Å². The molecule has 14 heteroatoms. The number of hydrogen-bond donors (Lipinski definition) is 1. The van der Waals surface area contributed by atoms with Gasteiger partial charge in [0.25, 0.3) is 12.3 Å². The minimum Gasteiger partial charge on any atom is -0.480 e. The molecule has 1 N–H and O–H groups in total. The number of ether oxygens (including phenoxy) is 1. The first kappa shape index (κ1) is 26.4. The van der Waals surface area contributed by atoms with Gasteiger partial charge >= 0.3 is 5.97 Å². The highest BCUT2D eigenvalue weighted by molar-refractivity contribution is 7.13. The molecule has 5 rings (SSSR count). The van der Waals surface area contributed by atoms with E-state index < -0.39 is 42.8 Å². The molecule has 3 aromatic rings. The topological polar surface area (TPSA) is 91.7 Å². The third kappa shape index (κ3) is 5.63. The molecule has 2 atom stereocenters. The van der Waals surface area contributed by atoms with Gasteiger partial charge in [0, 0.05) is 31.6 Å². The molecule has 202 valence electrons. The van der Waals surface area contributed by atoms with Crippen LogP contribution in [0.4, 0.5) is 29.1 Å². The van der Waals surface area contributed by atoms with Crippen molar-refractivity contribution in [1.29, 1.82) is 0 Å². The van der Waals surface area contributed by atoms with E-state index >= 15 is 0 Å². The largest absolute Gasteiger partial charge is 0.480 e. The Kier molecular flexibility index (Phi) is 7.32. The van der Waals surface area contributed by atoms with E-state index in [1.54, 1.807) is 17.5 Å². The summed E-state index contributed by atoms with van der Waals surface area (Å²) in [7, 11) is 0. The first-order valence-electron chi connectivity index (χ1n) is 11.7. The second kappa shape index (κ2) is 10.5. The summed E-state index contributed by atoms with van der Waals surface area (Å²) in [6.07, 6.45) is -2.37. The predicted octanol–water partition coefficient (Wildman–Crippen LogP) is 5.54. The number of rotatable bonds is 7. The predicted molar refractivity (Wildman–Crippen MR) is 134 cm³/mol. The number of carboxylic acid groups (broad SMARTS) is 1. The van der Waals surface area contributed by atoms with Crippen molar-refractivity contribution in [2.24, 2.45) is 0 Å². The van der Waals surface area contributed by atoms with Gasteiger partial charge in [-0.2, -0.15) is 0 Å². The number of pyridine rings is 1. The summed E-state index contributed by atoms with van der Waals surface area (Å²) in [6, 6.07) is 5.29. The van der Waals surface area contributed by atoms with Crippen molar-refractivity contribution >= 4 is 40.4 Å². The Morgan fingerprint density at radius 1 is 1.29 bits per heavy atom. The van der Waals surface area contributed by atoms with E-state index in [2.05, 4.69) is 15.0 Å². The first-order chi connectivity index (χ1) is 18.1. The van der Waals surface area contributed by atoms with Crippen LogP contribution in [0.1, 0.15) is 31.5 Å². The maximum Gasteiger partial charge on any atom is 0.326 e. The average Bonchev–Trinajstić information content (AvgIpc) is 3.55. The van der Waals surface area contributed by atoms with Gasteiger partial charge in [-0.3, -0.25) is 0 Å². The van der Waals surface area contributed by atoms with Crippen LogP contribution in [0.25, 0.3) is 10.6 Å². The van der Waals surface area contributed by atoms with Crippen molar-refractivity contribution in [1.82, 2.24) is 15.0 Å². The fraction of sp³-hybridized carbons (Fsp3) is 0.417. The maximum atomic E-state index is 14.1. The smallest absolute Gasteiger partial charge is 0.326 e. The third-order valence-corrected chi connectivity index (χ3v) is 7.45. The summed E-state index contributed by atoms with van der Waals surface area (Å²) < 4.78 is 61.5. The van der Waals surface area contributed by atoms with Gasteiger partial charge in [-0.05, 0) is 23.9 Å². The lowest BCUT2D eigenvalue weighted by Gasteiger charge is -2.34. The lowest BCUT2D eigenvalue weighted by atomic mass is 10.1. The molecule has 0 aromatic carbocycles. The monoisotopic (exact) mass is 571 g/mol. The minimum atomic E-state index is -2.96. The number of thiophene rings is 1. The summed E-state index contributed by atoms with van der Waals surface area (Å²) >= 11 is 7.40. The Morgan fingerprint density at radius 2 is 2.11 bits per heavy atom. The highest BCUT2D eigenvalue weighted by atomic mass is 35.5. The number of halogens is 5. The Labute approximate surface area is 223 Å². The normalized spacial score (nSPS) is 21.2. The van der Waals surface area contributed by atoms with Gasteiger partial charge in [-0.15, -0.1) is 11.3 Å². The number of aliphatic carboxylic acids is 1. The third-order valence-electron chi connectivity index (χ3n) is 6.35. The minimum absolute atomic E-state index is 0.0134. The van der Waals surface area contributed by atoms with Gasteiger partial charge in [0.15, 0.2) is 5.82 Å². The van der Waals surface area contributed by atoms with E-state index in [0.717, 1.165) is 0 Å². The van der Waals surface area contributed by atoms with Gasteiger partial charge in [0.05, 0.1) is 28.7 Å². The molecule has 2 fully saturated rings. The Hall–Kier alpha value is -3.19. The first-order valence-corrected chi connectivity index (χ1v) is 13.0. The van der Waals surface area contributed by atoms with Crippen molar-refractivity contribution in [3.8, 4) is 16.5 Å². The molecule has 0 saturated carbocycles. The zero-order chi connectivity index (χ0) is 27.0. The molecule has 5 heterocycles. The summed E-state index contributed by atoms with van der Waals surface area (Å²) in [6.45, 7) is -0.186. The fourth-order valence-corrected chi connectivity index (χ4v) is 5.52. The molecule has 0 radical (unpaired) electrons. The van der Waals surface area contributed by atoms with Gasteiger partial charge in [0.1, 0.15) is 23.7 Å². The van der Waals surface area contributed by atoms with Crippen LogP contribution in [0.2, 0.25) is 5.02 Å².